The molecule has 2 rings (SSSR count). The van der Waals surface area contributed by atoms with Gasteiger partial charge in [0.05, 0.1) is 11.4 Å². The Morgan fingerprint density at radius 3 is 2.41 bits per heavy atom. The van der Waals surface area contributed by atoms with Gasteiger partial charge in [-0.15, -0.1) is 0 Å². The molecule has 4 nitrogen and oxygen atoms in total. The van der Waals surface area contributed by atoms with Crippen molar-refractivity contribution in [3.63, 3.8) is 0 Å². The van der Waals surface area contributed by atoms with Crippen LogP contribution in [0.2, 0.25) is 0 Å². The van der Waals surface area contributed by atoms with Crippen LogP contribution in [0.25, 0.3) is 11.3 Å². The number of pyridine rings is 2. The first kappa shape index (κ1) is 11.4. The van der Waals surface area contributed by atoms with E-state index in [1.165, 1.54) is 0 Å². The summed E-state index contributed by atoms with van der Waals surface area (Å²) in [5, 5.41) is 6.17. The number of aromatic nitrogens is 2. The lowest BCUT2D eigenvalue weighted by Crippen LogP contribution is -2.00. The Morgan fingerprint density at radius 1 is 1.00 bits per heavy atom. The lowest BCUT2D eigenvalue weighted by molar-refractivity contribution is 1.19. The summed E-state index contributed by atoms with van der Waals surface area (Å²) in [6.07, 6.45) is 1.84. The van der Waals surface area contributed by atoms with Crippen LogP contribution in [0.3, 0.4) is 0 Å². The highest BCUT2D eigenvalue weighted by Gasteiger charge is 2.04. The molecule has 0 aliphatic carbocycles. The standard InChI is InChI=1S/C13H16N4/c1-9-4-5-10(8-16-9)11-6-7-12(14-2)13(15-3)17-11/h4-8,14H,1-3H3,(H,15,17). The van der Waals surface area contributed by atoms with E-state index in [-0.39, 0.29) is 0 Å². The molecule has 0 aliphatic rings. The summed E-state index contributed by atoms with van der Waals surface area (Å²) in [7, 11) is 3.74. The fourth-order valence-electron chi connectivity index (χ4n) is 1.63. The van der Waals surface area contributed by atoms with Crippen LogP contribution < -0.4 is 10.6 Å². The molecule has 4 heteroatoms. The second kappa shape index (κ2) is 4.82. The molecule has 2 N–H and O–H groups in total. The van der Waals surface area contributed by atoms with Gasteiger partial charge >= 0.3 is 0 Å². The van der Waals surface area contributed by atoms with Crippen LogP contribution in [-0.4, -0.2) is 24.1 Å². The second-order valence-electron chi connectivity index (χ2n) is 3.78. The summed E-state index contributed by atoms with van der Waals surface area (Å²) in [5.74, 6) is 0.838. The molecule has 88 valence electrons. The molecule has 0 saturated heterocycles. The van der Waals surface area contributed by atoms with E-state index in [4.69, 9.17) is 0 Å². The predicted molar refractivity (Wildman–Crippen MR) is 71.3 cm³/mol. The smallest absolute Gasteiger partial charge is 0.149 e. The van der Waals surface area contributed by atoms with Crippen LogP contribution in [0.5, 0.6) is 0 Å². The average molecular weight is 228 g/mol. The summed E-state index contributed by atoms with van der Waals surface area (Å²) in [5.41, 5.74) is 3.93. The zero-order valence-corrected chi connectivity index (χ0v) is 10.3. The normalized spacial score (nSPS) is 10.1. The van der Waals surface area contributed by atoms with Gasteiger partial charge in [0.1, 0.15) is 5.82 Å². The van der Waals surface area contributed by atoms with Crippen molar-refractivity contribution in [1.29, 1.82) is 0 Å². The van der Waals surface area contributed by atoms with E-state index in [0.29, 0.717) is 0 Å². The molecule has 0 fully saturated rings. The molecular weight excluding hydrogens is 212 g/mol. The lowest BCUT2D eigenvalue weighted by Gasteiger charge is -2.09. The molecule has 2 aromatic heterocycles. The van der Waals surface area contributed by atoms with Gasteiger partial charge in [-0.3, -0.25) is 4.98 Å². The summed E-state index contributed by atoms with van der Waals surface area (Å²) in [6.45, 7) is 1.97. The van der Waals surface area contributed by atoms with Gasteiger partial charge in [-0.05, 0) is 31.2 Å². The molecule has 0 radical (unpaired) electrons. The van der Waals surface area contributed by atoms with Gasteiger partial charge in [0.15, 0.2) is 0 Å². The van der Waals surface area contributed by atoms with Gasteiger partial charge < -0.3 is 10.6 Å². The molecule has 0 unspecified atom stereocenters. The maximum atomic E-state index is 4.55. The zero-order chi connectivity index (χ0) is 12.3. The summed E-state index contributed by atoms with van der Waals surface area (Å²) < 4.78 is 0. The Labute approximate surface area is 101 Å². The lowest BCUT2D eigenvalue weighted by atomic mass is 10.1. The molecule has 0 spiro atoms. The van der Waals surface area contributed by atoms with Crippen molar-refractivity contribution in [1.82, 2.24) is 9.97 Å². The Bertz CT molecular complexity index is 505. The van der Waals surface area contributed by atoms with Gasteiger partial charge in [-0.25, -0.2) is 4.98 Å². The highest BCUT2D eigenvalue weighted by Crippen LogP contribution is 2.24. The molecule has 0 atom stereocenters. The minimum absolute atomic E-state index is 0.838. The van der Waals surface area contributed by atoms with Crippen molar-refractivity contribution < 1.29 is 0 Å². The second-order valence-corrected chi connectivity index (χ2v) is 3.78. The topological polar surface area (TPSA) is 49.8 Å². The van der Waals surface area contributed by atoms with Gasteiger partial charge in [0.2, 0.25) is 0 Å². The van der Waals surface area contributed by atoms with Crippen LogP contribution >= 0.6 is 0 Å². The molecule has 0 aromatic carbocycles. The van der Waals surface area contributed by atoms with Crippen molar-refractivity contribution in [2.45, 2.75) is 6.92 Å². The number of nitrogens with one attached hydrogen (secondary N) is 2. The number of rotatable bonds is 3. The number of nitrogens with zero attached hydrogens (tertiary/aromatic N) is 2. The van der Waals surface area contributed by atoms with Gasteiger partial charge in [0, 0.05) is 31.5 Å². The third-order valence-electron chi connectivity index (χ3n) is 2.61. The minimum atomic E-state index is 0.838. The maximum Gasteiger partial charge on any atom is 0.149 e. The van der Waals surface area contributed by atoms with E-state index < -0.39 is 0 Å². The molecule has 17 heavy (non-hydrogen) atoms. The molecule has 2 heterocycles. The Kier molecular flexibility index (Phi) is 3.23. The van der Waals surface area contributed by atoms with E-state index in [1.54, 1.807) is 0 Å². The molecule has 0 amide bonds. The van der Waals surface area contributed by atoms with Crippen LogP contribution in [0.1, 0.15) is 5.69 Å². The Balaban J connectivity index is 2.42. The van der Waals surface area contributed by atoms with Crippen LogP contribution in [0.15, 0.2) is 30.5 Å². The average Bonchev–Trinajstić information content (AvgIpc) is 2.39. The fourth-order valence-corrected chi connectivity index (χ4v) is 1.63. The first-order chi connectivity index (χ1) is 8.24. The zero-order valence-electron chi connectivity index (χ0n) is 10.3. The van der Waals surface area contributed by atoms with Crippen molar-refractivity contribution in [2.24, 2.45) is 0 Å². The first-order valence-electron chi connectivity index (χ1n) is 5.54. The molecule has 0 bridgehead atoms. The van der Waals surface area contributed by atoms with Crippen LogP contribution in [0.4, 0.5) is 11.5 Å². The SMILES string of the molecule is CNc1ccc(-c2ccc(C)nc2)nc1NC. The Hall–Kier alpha value is -2.10. The monoisotopic (exact) mass is 228 g/mol. The fraction of sp³-hybridized carbons (Fsp3) is 0.231. The highest BCUT2D eigenvalue weighted by atomic mass is 15.0. The number of anilines is 2. The summed E-state index contributed by atoms with van der Waals surface area (Å²) in [4.78, 5) is 8.83. The highest BCUT2D eigenvalue weighted by molar-refractivity contribution is 5.70. The van der Waals surface area contributed by atoms with E-state index in [2.05, 4.69) is 20.6 Å². The summed E-state index contributed by atoms with van der Waals surface area (Å²) in [6, 6.07) is 8.01. The number of aryl methyl sites for hydroxylation is 1. The van der Waals surface area contributed by atoms with Gasteiger partial charge in [0.25, 0.3) is 0 Å². The number of hydrogen-bond acceptors (Lipinski definition) is 4. The molecule has 2 aromatic rings. The van der Waals surface area contributed by atoms with E-state index in [0.717, 1.165) is 28.5 Å². The van der Waals surface area contributed by atoms with Crippen molar-refractivity contribution in [2.75, 3.05) is 24.7 Å². The largest absolute Gasteiger partial charge is 0.385 e. The third-order valence-corrected chi connectivity index (χ3v) is 2.61. The molecule has 0 aliphatic heterocycles. The first-order valence-corrected chi connectivity index (χ1v) is 5.54. The van der Waals surface area contributed by atoms with Crippen LogP contribution in [0, 0.1) is 6.92 Å². The van der Waals surface area contributed by atoms with Crippen molar-refractivity contribution >= 4 is 11.5 Å². The maximum absolute atomic E-state index is 4.55. The molecular formula is C13H16N4. The quantitative estimate of drug-likeness (QED) is 0.847. The van der Waals surface area contributed by atoms with E-state index >= 15 is 0 Å². The third kappa shape index (κ3) is 2.36. The van der Waals surface area contributed by atoms with Crippen molar-refractivity contribution in [3.8, 4) is 11.3 Å². The minimum Gasteiger partial charge on any atom is -0.385 e. The Morgan fingerprint density at radius 2 is 1.82 bits per heavy atom. The van der Waals surface area contributed by atoms with Crippen molar-refractivity contribution in [3.05, 3.63) is 36.2 Å². The summed E-state index contributed by atoms with van der Waals surface area (Å²) >= 11 is 0. The molecule has 0 saturated carbocycles. The van der Waals surface area contributed by atoms with Gasteiger partial charge in [-0.1, -0.05) is 0 Å². The van der Waals surface area contributed by atoms with Gasteiger partial charge in [-0.2, -0.15) is 0 Å². The van der Waals surface area contributed by atoms with Crippen LogP contribution in [-0.2, 0) is 0 Å². The number of hydrogen-bond donors (Lipinski definition) is 2. The van der Waals surface area contributed by atoms with E-state index in [1.807, 2.05) is 51.5 Å². The predicted octanol–water partition coefficient (Wildman–Crippen LogP) is 2.54. The van der Waals surface area contributed by atoms with E-state index in [9.17, 15) is 0 Å².